The smallest absolute Gasteiger partial charge is 0.0558 e. The van der Waals surface area contributed by atoms with E-state index in [4.69, 9.17) is 5.11 Å². The number of hydrogen-bond acceptors (Lipinski definition) is 3. The molecule has 0 aliphatic heterocycles. The van der Waals surface area contributed by atoms with Crippen molar-refractivity contribution in [3.63, 3.8) is 0 Å². The van der Waals surface area contributed by atoms with Crippen molar-refractivity contribution in [1.82, 2.24) is 10.2 Å². The molecule has 0 unspecified atom stereocenters. The average Bonchev–Trinajstić information content (AvgIpc) is 2.19. The highest BCUT2D eigenvalue weighted by Gasteiger charge is 2.24. The molecule has 0 radical (unpaired) electrons. The Morgan fingerprint density at radius 3 is 2.19 bits per heavy atom. The molecule has 0 atom stereocenters. The van der Waals surface area contributed by atoms with Crippen LogP contribution in [0.3, 0.4) is 0 Å². The third kappa shape index (κ3) is 5.83. The van der Waals surface area contributed by atoms with Gasteiger partial charge < -0.3 is 10.4 Å². The minimum absolute atomic E-state index is 0.256. The van der Waals surface area contributed by atoms with Gasteiger partial charge in [-0.15, -0.1) is 0 Å². The van der Waals surface area contributed by atoms with Crippen molar-refractivity contribution in [1.29, 1.82) is 0 Å². The second-order valence-electron chi connectivity index (χ2n) is 5.36. The molecule has 2 N–H and O–H groups in total. The molecule has 0 spiro atoms. The first-order valence-electron chi connectivity index (χ1n) is 6.50. The molecule has 0 saturated carbocycles. The fourth-order valence-electron chi connectivity index (χ4n) is 2.41. The van der Waals surface area contributed by atoms with Crippen molar-refractivity contribution >= 4 is 0 Å². The molecule has 0 amide bonds. The van der Waals surface area contributed by atoms with Crippen molar-refractivity contribution in [3.05, 3.63) is 0 Å². The van der Waals surface area contributed by atoms with Crippen molar-refractivity contribution in [3.8, 4) is 0 Å². The summed E-state index contributed by atoms with van der Waals surface area (Å²) in [5.74, 6) is 0. The molecule has 3 nitrogen and oxygen atoms in total. The van der Waals surface area contributed by atoms with E-state index in [1.165, 1.54) is 0 Å². The molecule has 16 heavy (non-hydrogen) atoms. The van der Waals surface area contributed by atoms with Crippen LogP contribution in [0.4, 0.5) is 0 Å². The van der Waals surface area contributed by atoms with Gasteiger partial charge in [0.1, 0.15) is 0 Å². The number of nitrogens with one attached hydrogen (secondary N) is 1. The number of aliphatic hydroxyl groups excluding tert-OH is 1. The van der Waals surface area contributed by atoms with Crippen LogP contribution in [-0.4, -0.2) is 49.3 Å². The molecule has 0 aliphatic carbocycles. The molecular formula is C13H30N2O. The van der Waals surface area contributed by atoms with Crippen LogP contribution < -0.4 is 5.32 Å². The first kappa shape index (κ1) is 15.9. The molecule has 0 fully saturated rings. The molecule has 0 aliphatic rings. The molecule has 0 bridgehead atoms. The Morgan fingerprint density at radius 1 is 1.25 bits per heavy atom. The summed E-state index contributed by atoms with van der Waals surface area (Å²) in [6.07, 6.45) is 2.32. The Bertz CT molecular complexity index is 167. The van der Waals surface area contributed by atoms with Crippen LogP contribution in [0.5, 0.6) is 0 Å². The number of nitrogens with zero attached hydrogens (tertiary/aromatic N) is 1. The number of rotatable bonds is 9. The Balaban J connectivity index is 4.41. The lowest BCUT2D eigenvalue weighted by Crippen LogP contribution is -2.45. The van der Waals surface area contributed by atoms with Crippen molar-refractivity contribution < 1.29 is 5.11 Å². The molecule has 0 rings (SSSR count). The van der Waals surface area contributed by atoms with Crippen LogP contribution in [0.15, 0.2) is 0 Å². The summed E-state index contributed by atoms with van der Waals surface area (Å²) in [4.78, 5) is 2.43. The summed E-state index contributed by atoms with van der Waals surface area (Å²) in [6.45, 7) is 12.1. The van der Waals surface area contributed by atoms with E-state index in [9.17, 15) is 0 Å². The fourth-order valence-corrected chi connectivity index (χ4v) is 2.41. The predicted molar refractivity (Wildman–Crippen MR) is 70.7 cm³/mol. The zero-order valence-electron chi connectivity index (χ0n) is 11.7. The van der Waals surface area contributed by atoms with Gasteiger partial charge >= 0.3 is 0 Å². The highest BCUT2D eigenvalue weighted by molar-refractivity contribution is 4.79. The minimum Gasteiger partial charge on any atom is -0.395 e. The molecule has 0 aromatic heterocycles. The Hall–Kier alpha value is -0.120. The lowest BCUT2D eigenvalue weighted by Gasteiger charge is -2.37. The van der Waals surface area contributed by atoms with Crippen molar-refractivity contribution in [2.75, 3.05) is 33.3 Å². The summed E-state index contributed by atoms with van der Waals surface area (Å²) in [6, 6.07) is 0.600. The minimum atomic E-state index is 0.256. The second-order valence-corrected chi connectivity index (χ2v) is 5.36. The molecule has 3 heteroatoms. The SMILES string of the molecule is CCC(CC)N(CCO)CC(C)(C)CNC. The largest absolute Gasteiger partial charge is 0.395 e. The number of hydrogen-bond donors (Lipinski definition) is 2. The van der Waals surface area contributed by atoms with E-state index in [1.807, 2.05) is 7.05 Å². The van der Waals surface area contributed by atoms with Crippen LogP contribution in [0.1, 0.15) is 40.5 Å². The van der Waals surface area contributed by atoms with Gasteiger partial charge in [-0.3, -0.25) is 4.90 Å². The lowest BCUT2D eigenvalue weighted by molar-refractivity contribution is 0.0977. The number of aliphatic hydroxyl groups is 1. The summed E-state index contributed by atoms with van der Waals surface area (Å²) in [5.41, 5.74) is 0.256. The van der Waals surface area contributed by atoms with Gasteiger partial charge in [0, 0.05) is 25.7 Å². The third-order valence-electron chi connectivity index (χ3n) is 3.13. The summed E-state index contributed by atoms with van der Waals surface area (Å²) in [7, 11) is 2.00. The molecule has 0 aromatic carbocycles. The Morgan fingerprint density at radius 2 is 1.81 bits per heavy atom. The predicted octanol–water partition coefficient (Wildman–Crippen LogP) is 1.71. The average molecular weight is 230 g/mol. The quantitative estimate of drug-likeness (QED) is 0.633. The van der Waals surface area contributed by atoms with E-state index in [2.05, 4.69) is 37.9 Å². The van der Waals surface area contributed by atoms with E-state index < -0.39 is 0 Å². The second kappa shape index (κ2) is 8.04. The van der Waals surface area contributed by atoms with Crippen molar-refractivity contribution in [2.24, 2.45) is 5.41 Å². The monoisotopic (exact) mass is 230 g/mol. The molecule has 98 valence electrons. The van der Waals surface area contributed by atoms with Gasteiger partial charge in [-0.1, -0.05) is 27.7 Å². The van der Waals surface area contributed by atoms with Crippen LogP contribution in [-0.2, 0) is 0 Å². The third-order valence-corrected chi connectivity index (χ3v) is 3.13. The van der Waals surface area contributed by atoms with Gasteiger partial charge in [0.2, 0.25) is 0 Å². The van der Waals surface area contributed by atoms with Gasteiger partial charge in [0.05, 0.1) is 6.61 Å². The van der Waals surface area contributed by atoms with E-state index in [0.29, 0.717) is 6.04 Å². The zero-order valence-corrected chi connectivity index (χ0v) is 11.7. The van der Waals surface area contributed by atoms with Crippen LogP contribution >= 0.6 is 0 Å². The maximum Gasteiger partial charge on any atom is 0.0558 e. The lowest BCUT2D eigenvalue weighted by atomic mass is 9.91. The Labute approximate surface area is 101 Å². The van der Waals surface area contributed by atoms with Crippen LogP contribution in [0.25, 0.3) is 0 Å². The normalized spacial score (nSPS) is 12.8. The molecule has 0 saturated heterocycles. The first-order valence-corrected chi connectivity index (χ1v) is 6.50. The fraction of sp³-hybridized carbons (Fsp3) is 1.00. The van der Waals surface area contributed by atoms with Gasteiger partial charge in [0.25, 0.3) is 0 Å². The zero-order chi connectivity index (χ0) is 12.6. The molecule has 0 heterocycles. The van der Waals surface area contributed by atoms with Gasteiger partial charge in [-0.2, -0.15) is 0 Å². The first-order chi connectivity index (χ1) is 7.50. The standard InChI is InChI=1S/C13H30N2O/c1-6-12(7-2)15(8-9-16)11-13(3,4)10-14-5/h12,14,16H,6-11H2,1-5H3. The molecular weight excluding hydrogens is 200 g/mol. The summed E-state index contributed by atoms with van der Waals surface area (Å²) in [5, 5.41) is 12.4. The highest BCUT2D eigenvalue weighted by Crippen LogP contribution is 2.19. The van der Waals surface area contributed by atoms with Crippen LogP contribution in [0.2, 0.25) is 0 Å². The topological polar surface area (TPSA) is 35.5 Å². The summed E-state index contributed by atoms with van der Waals surface area (Å²) >= 11 is 0. The maximum absolute atomic E-state index is 9.15. The Kier molecular flexibility index (Phi) is 7.98. The van der Waals surface area contributed by atoms with E-state index in [-0.39, 0.29) is 12.0 Å². The molecule has 0 aromatic rings. The van der Waals surface area contributed by atoms with E-state index in [0.717, 1.165) is 32.5 Å². The van der Waals surface area contributed by atoms with Crippen molar-refractivity contribution in [2.45, 2.75) is 46.6 Å². The van der Waals surface area contributed by atoms with Crippen LogP contribution in [0, 0.1) is 5.41 Å². The highest BCUT2D eigenvalue weighted by atomic mass is 16.3. The van der Waals surface area contributed by atoms with Gasteiger partial charge in [0.15, 0.2) is 0 Å². The van der Waals surface area contributed by atoms with E-state index >= 15 is 0 Å². The van der Waals surface area contributed by atoms with Gasteiger partial charge in [-0.25, -0.2) is 0 Å². The summed E-state index contributed by atoms with van der Waals surface area (Å²) < 4.78 is 0. The van der Waals surface area contributed by atoms with Gasteiger partial charge in [-0.05, 0) is 25.3 Å². The maximum atomic E-state index is 9.15. The van der Waals surface area contributed by atoms with E-state index in [1.54, 1.807) is 0 Å².